The Balaban J connectivity index is 3.69. The predicted molar refractivity (Wildman–Crippen MR) is 59.9 cm³/mol. The van der Waals surface area contributed by atoms with Crippen LogP contribution < -0.4 is 5.32 Å². The van der Waals surface area contributed by atoms with E-state index in [4.69, 9.17) is 0 Å². The van der Waals surface area contributed by atoms with Crippen LogP contribution in [0.15, 0.2) is 0 Å². The van der Waals surface area contributed by atoms with Crippen LogP contribution in [0.5, 0.6) is 0 Å². The first-order chi connectivity index (χ1) is 5.52. The molecule has 0 aliphatic rings. The number of thioether (sulfide) groups is 1. The van der Waals surface area contributed by atoms with Crippen LogP contribution in [0.2, 0.25) is 0 Å². The largest absolute Gasteiger partial charge is 0.317 e. The van der Waals surface area contributed by atoms with Crippen LogP contribution in [0.1, 0.15) is 33.6 Å². The maximum Gasteiger partial charge on any atom is 0.00408 e. The molecule has 0 spiro atoms. The van der Waals surface area contributed by atoms with E-state index in [9.17, 15) is 0 Å². The van der Waals surface area contributed by atoms with Gasteiger partial charge in [-0.2, -0.15) is 11.8 Å². The Morgan fingerprint density at radius 1 is 1.42 bits per heavy atom. The van der Waals surface area contributed by atoms with Crippen LogP contribution in [-0.2, 0) is 0 Å². The molecule has 0 aromatic carbocycles. The summed E-state index contributed by atoms with van der Waals surface area (Å²) in [6, 6.07) is 0.641. The predicted octanol–water partition coefficient (Wildman–Crippen LogP) is 2.76. The molecule has 12 heavy (non-hydrogen) atoms. The molecule has 0 aliphatic heterocycles. The van der Waals surface area contributed by atoms with E-state index in [1.165, 1.54) is 18.6 Å². The molecule has 1 unspecified atom stereocenters. The van der Waals surface area contributed by atoms with Crippen LogP contribution in [0, 0.1) is 5.41 Å². The van der Waals surface area contributed by atoms with E-state index in [1.807, 2.05) is 18.8 Å². The summed E-state index contributed by atoms with van der Waals surface area (Å²) >= 11 is 1.94. The first-order valence-electron chi connectivity index (χ1n) is 4.68. The van der Waals surface area contributed by atoms with Crippen molar-refractivity contribution < 1.29 is 0 Å². The zero-order valence-electron chi connectivity index (χ0n) is 9.11. The monoisotopic (exact) mass is 189 g/mol. The van der Waals surface area contributed by atoms with Crippen LogP contribution in [0.3, 0.4) is 0 Å². The molecule has 0 amide bonds. The Bertz CT molecular complexity index is 112. The van der Waals surface area contributed by atoms with Crippen LogP contribution in [-0.4, -0.2) is 25.1 Å². The number of nitrogens with one attached hydrogen (secondary N) is 1. The van der Waals surface area contributed by atoms with E-state index in [2.05, 4.69) is 32.3 Å². The van der Waals surface area contributed by atoms with Crippen molar-refractivity contribution in [2.24, 2.45) is 5.41 Å². The molecular weight excluding hydrogens is 166 g/mol. The normalized spacial score (nSPS) is 14.8. The smallest absolute Gasteiger partial charge is 0.00408 e. The van der Waals surface area contributed by atoms with Crippen molar-refractivity contribution in [3.8, 4) is 0 Å². The quantitative estimate of drug-likeness (QED) is 0.689. The van der Waals surface area contributed by atoms with Crippen molar-refractivity contribution in [3.63, 3.8) is 0 Å². The number of hydrogen-bond donors (Lipinski definition) is 1. The van der Waals surface area contributed by atoms with Gasteiger partial charge in [0.25, 0.3) is 0 Å². The summed E-state index contributed by atoms with van der Waals surface area (Å²) in [6.45, 7) is 6.97. The molecule has 0 saturated carbocycles. The average molecular weight is 189 g/mol. The second kappa shape index (κ2) is 5.87. The summed E-state index contributed by atoms with van der Waals surface area (Å²) in [6.07, 6.45) is 4.77. The Labute approximate surface area is 81.7 Å². The van der Waals surface area contributed by atoms with Crippen molar-refractivity contribution in [2.75, 3.05) is 19.1 Å². The van der Waals surface area contributed by atoms with Crippen LogP contribution in [0.25, 0.3) is 0 Å². The average Bonchev–Trinajstić information content (AvgIpc) is 2.00. The first-order valence-corrected chi connectivity index (χ1v) is 6.07. The lowest BCUT2D eigenvalue weighted by atomic mass is 9.84. The molecule has 0 radical (unpaired) electrons. The fraction of sp³-hybridized carbons (Fsp3) is 1.00. The van der Waals surface area contributed by atoms with Crippen molar-refractivity contribution in [3.05, 3.63) is 0 Å². The molecule has 0 bridgehead atoms. The molecule has 1 nitrogen and oxygen atoms in total. The van der Waals surface area contributed by atoms with E-state index in [0.717, 1.165) is 0 Å². The zero-order chi connectivity index (χ0) is 9.61. The molecule has 2 heteroatoms. The summed E-state index contributed by atoms with van der Waals surface area (Å²) in [4.78, 5) is 0. The van der Waals surface area contributed by atoms with Gasteiger partial charge in [-0.3, -0.25) is 0 Å². The van der Waals surface area contributed by atoms with Gasteiger partial charge >= 0.3 is 0 Å². The van der Waals surface area contributed by atoms with E-state index in [0.29, 0.717) is 11.5 Å². The molecule has 0 aliphatic carbocycles. The fourth-order valence-corrected chi connectivity index (χ4v) is 2.17. The van der Waals surface area contributed by atoms with E-state index in [-0.39, 0.29) is 0 Å². The second-order valence-corrected chi connectivity index (χ2v) is 5.29. The van der Waals surface area contributed by atoms with Crippen molar-refractivity contribution in [2.45, 2.75) is 39.7 Å². The molecule has 0 rings (SSSR count). The van der Waals surface area contributed by atoms with Gasteiger partial charge in [-0.15, -0.1) is 0 Å². The zero-order valence-corrected chi connectivity index (χ0v) is 9.92. The Hall–Kier alpha value is 0.310. The molecular formula is C10H23NS. The highest BCUT2D eigenvalue weighted by Crippen LogP contribution is 2.27. The lowest BCUT2D eigenvalue weighted by Crippen LogP contribution is -2.28. The van der Waals surface area contributed by atoms with Crippen molar-refractivity contribution >= 4 is 11.8 Å². The minimum atomic E-state index is 0.492. The maximum atomic E-state index is 3.29. The standard InChI is InChI=1S/C10H23NS/c1-9(11-4)8-10(2,3)6-7-12-5/h9,11H,6-8H2,1-5H3. The summed E-state index contributed by atoms with van der Waals surface area (Å²) in [5.74, 6) is 1.28. The fourth-order valence-electron chi connectivity index (χ4n) is 1.41. The molecule has 1 atom stereocenters. The first kappa shape index (κ1) is 12.3. The number of hydrogen-bond acceptors (Lipinski definition) is 2. The number of rotatable bonds is 6. The van der Waals surface area contributed by atoms with Gasteiger partial charge in [0.15, 0.2) is 0 Å². The molecule has 0 aromatic heterocycles. The van der Waals surface area contributed by atoms with Crippen molar-refractivity contribution in [1.82, 2.24) is 5.32 Å². The lowest BCUT2D eigenvalue weighted by Gasteiger charge is -2.27. The second-order valence-electron chi connectivity index (χ2n) is 4.30. The highest BCUT2D eigenvalue weighted by Gasteiger charge is 2.19. The lowest BCUT2D eigenvalue weighted by molar-refractivity contribution is 0.287. The molecule has 74 valence electrons. The molecule has 0 saturated heterocycles. The molecule has 0 fully saturated rings. The van der Waals surface area contributed by atoms with Gasteiger partial charge in [-0.05, 0) is 44.2 Å². The van der Waals surface area contributed by atoms with Crippen LogP contribution >= 0.6 is 11.8 Å². The van der Waals surface area contributed by atoms with Gasteiger partial charge < -0.3 is 5.32 Å². The van der Waals surface area contributed by atoms with E-state index in [1.54, 1.807) is 0 Å². The Kier molecular flexibility index (Phi) is 6.02. The Morgan fingerprint density at radius 3 is 2.42 bits per heavy atom. The third-order valence-electron chi connectivity index (χ3n) is 2.33. The third-order valence-corrected chi connectivity index (χ3v) is 2.95. The van der Waals surface area contributed by atoms with Crippen LogP contribution in [0.4, 0.5) is 0 Å². The van der Waals surface area contributed by atoms with Gasteiger partial charge in [0.2, 0.25) is 0 Å². The third kappa shape index (κ3) is 5.90. The van der Waals surface area contributed by atoms with E-state index >= 15 is 0 Å². The highest BCUT2D eigenvalue weighted by molar-refractivity contribution is 7.98. The molecule has 0 heterocycles. The van der Waals surface area contributed by atoms with Gasteiger partial charge in [0.1, 0.15) is 0 Å². The van der Waals surface area contributed by atoms with E-state index < -0.39 is 0 Å². The minimum absolute atomic E-state index is 0.492. The highest BCUT2D eigenvalue weighted by atomic mass is 32.2. The molecule has 1 N–H and O–H groups in total. The van der Waals surface area contributed by atoms with Gasteiger partial charge in [0.05, 0.1) is 0 Å². The topological polar surface area (TPSA) is 12.0 Å². The van der Waals surface area contributed by atoms with Gasteiger partial charge in [-0.25, -0.2) is 0 Å². The maximum absolute atomic E-state index is 3.29. The SMILES string of the molecule is CNC(C)CC(C)(C)CCSC. The summed E-state index contributed by atoms with van der Waals surface area (Å²) < 4.78 is 0. The summed E-state index contributed by atoms with van der Waals surface area (Å²) in [5, 5.41) is 3.29. The summed E-state index contributed by atoms with van der Waals surface area (Å²) in [7, 11) is 2.04. The van der Waals surface area contributed by atoms with Gasteiger partial charge in [0, 0.05) is 6.04 Å². The molecule has 0 aromatic rings. The summed E-state index contributed by atoms with van der Waals surface area (Å²) in [5.41, 5.74) is 0.492. The Morgan fingerprint density at radius 2 is 2.00 bits per heavy atom. The van der Waals surface area contributed by atoms with Gasteiger partial charge in [-0.1, -0.05) is 13.8 Å². The van der Waals surface area contributed by atoms with Crippen molar-refractivity contribution in [1.29, 1.82) is 0 Å². The minimum Gasteiger partial charge on any atom is -0.317 e.